The number of aryl methyl sites for hydroxylation is 1. The summed E-state index contributed by atoms with van der Waals surface area (Å²) in [5.41, 5.74) is 1.35. The minimum atomic E-state index is 0.784. The molecule has 3 nitrogen and oxygen atoms in total. The molecule has 3 rings (SSSR count). The molecule has 2 unspecified atom stereocenters. The molecule has 1 aromatic rings. The van der Waals surface area contributed by atoms with Crippen molar-refractivity contribution < 1.29 is 0 Å². The number of nitrogens with one attached hydrogen (secondary N) is 1. The Hall–Kier alpha value is -0.610. The fourth-order valence-corrected chi connectivity index (χ4v) is 5.15. The number of thiazole rings is 1. The van der Waals surface area contributed by atoms with Crippen LogP contribution in [0.3, 0.4) is 0 Å². The van der Waals surface area contributed by atoms with Crippen molar-refractivity contribution in [3.63, 3.8) is 0 Å². The van der Waals surface area contributed by atoms with Crippen LogP contribution in [-0.2, 0) is 13.0 Å². The molecule has 118 valence electrons. The number of aromatic nitrogens is 1. The lowest BCUT2D eigenvalue weighted by Crippen LogP contribution is -2.42. The topological polar surface area (TPSA) is 28.2 Å². The van der Waals surface area contributed by atoms with Crippen molar-refractivity contribution in [1.29, 1.82) is 0 Å². The van der Waals surface area contributed by atoms with Gasteiger partial charge in [-0.15, -0.1) is 11.3 Å². The predicted octanol–water partition coefficient (Wildman–Crippen LogP) is 3.97. The van der Waals surface area contributed by atoms with Gasteiger partial charge in [0.1, 0.15) is 0 Å². The van der Waals surface area contributed by atoms with E-state index in [1.807, 2.05) is 11.3 Å². The molecule has 0 spiro atoms. The fraction of sp³-hybridized carbons (Fsp3) is 0.824. The quantitative estimate of drug-likeness (QED) is 0.862. The lowest BCUT2D eigenvalue weighted by molar-refractivity contribution is 0.362. The Morgan fingerprint density at radius 2 is 2.10 bits per heavy atom. The zero-order valence-corrected chi connectivity index (χ0v) is 14.3. The fourth-order valence-electron chi connectivity index (χ4n) is 3.99. The second-order valence-corrected chi connectivity index (χ2v) is 7.55. The molecule has 0 radical (unpaired) electrons. The smallest absolute Gasteiger partial charge is 0.186 e. The van der Waals surface area contributed by atoms with E-state index in [0.717, 1.165) is 31.5 Å². The highest BCUT2D eigenvalue weighted by atomic mass is 32.1. The van der Waals surface area contributed by atoms with Gasteiger partial charge < -0.3 is 10.2 Å². The van der Waals surface area contributed by atoms with Crippen LogP contribution < -0.4 is 10.2 Å². The van der Waals surface area contributed by atoms with Crippen LogP contribution in [0.2, 0.25) is 0 Å². The first-order chi connectivity index (χ1) is 10.3. The van der Waals surface area contributed by atoms with E-state index in [9.17, 15) is 0 Å². The summed E-state index contributed by atoms with van der Waals surface area (Å²) >= 11 is 1.95. The van der Waals surface area contributed by atoms with Crippen molar-refractivity contribution in [3.8, 4) is 0 Å². The summed E-state index contributed by atoms with van der Waals surface area (Å²) in [6.07, 6.45) is 9.36. The molecule has 1 saturated heterocycles. The van der Waals surface area contributed by atoms with Gasteiger partial charge in [-0.05, 0) is 44.6 Å². The summed E-state index contributed by atoms with van der Waals surface area (Å²) in [5.74, 6) is 0.939. The summed E-state index contributed by atoms with van der Waals surface area (Å²) in [5, 5.41) is 4.79. The van der Waals surface area contributed by atoms with Crippen LogP contribution in [0.25, 0.3) is 0 Å². The molecule has 4 heteroatoms. The second-order valence-electron chi connectivity index (χ2n) is 6.49. The first-order valence-corrected chi connectivity index (χ1v) is 9.61. The number of rotatable bonds is 6. The number of anilines is 1. The van der Waals surface area contributed by atoms with Crippen LogP contribution in [0, 0.1) is 5.92 Å². The minimum Gasteiger partial charge on any atom is -0.345 e. The van der Waals surface area contributed by atoms with Crippen LogP contribution in [0.15, 0.2) is 0 Å². The van der Waals surface area contributed by atoms with Gasteiger partial charge in [-0.25, -0.2) is 4.98 Å². The van der Waals surface area contributed by atoms with Gasteiger partial charge in [0.05, 0.1) is 5.69 Å². The molecule has 1 N–H and O–H groups in total. The minimum absolute atomic E-state index is 0.784. The van der Waals surface area contributed by atoms with E-state index in [1.54, 1.807) is 0 Å². The summed E-state index contributed by atoms with van der Waals surface area (Å²) < 4.78 is 0. The molecule has 1 aliphatic heterocycles. The second kappa shape index (κ2) is 7.10. The van der Waals surface area contributed by atoms with Crippen LogP contribution in [0.1, 0.15) is 62.9 Å². The summed E-state index contributed by atoms with van der Waals surface area (Å²) in [4.78, 5) is 9.16. The maximum absolute atomic E-state index is 5.04. The monoisotopic (exact) mass is 307 g/mol. The van der Waals surface area contributed by atoms with E-state index in [2.05, 4.69) is 24.1 Å². The molecule has 1 aliphatic carbocycles. The van der Waals surface area contributed by atoms with Crippen LogP contribution >= 0.6 is 11.3 Å². The van der Waals surface area contributed by atoms with Gasteiger partial charge in [-0.3, -0.25) is 0 Å². The van der Waals surface area contributed by atoms with Gasteiger partial charge in [-0.1, -0.05) is 26.7 Å². The Bertz CT molecular complexity index is 457. The zero-order valence-electron chi connectivity index (χ0n) is 13.5. The highest BCUT2D eigenvalue weighted by molar-refractivity contribution is 7.15. The average Bonchev–Trinajstić information content (AvgIpc) is 3.11. The number of fused-ring (bicyclic) bond motifs is 1. The third kappa shape index (κ3) is 3.26. The Morgan fingerprint density at radius 3 is 2.90 bits per heavy atom. The maximum Gasteiger partial charge on any atom is 0.186 e. The molecule has 1 saturated carbocycles. The van der Waals surface area contributed by atoms with E-state index < -0.39 is 0 Å². The zero-order chi connectivity index (χ0) is 14.7. The normalized spacial score (nSPS) is 25.3. The SMILES string of the molecule is CCCc1nc(N2CCCC3CCCC32)sc1CNCC. The third-order valence-electron chi connectivity index (χ3n) is 5.03. The van der Waals surface area contributed by atoms with Crippen molar-refractivity contribution in [1.82, 2.24) is 10.3 Å². The Morgan fingerprint density at radius 1 is 1.24 bits per heavy atom. The van der Waals surface area contributed by atoms with Crippen molar-refractivity contribution in [2.24, 2.45) is 5.92 Å². The molecule has 1 aromatic heterocycles. The maximum atomic E-state index is 5.04. The molecule has 2 atom stereocenters. The number of hydrogen-bond acceptors (Lipinski definition) is 4. The molecule has 0 amide bonds. The van der Waals surface area contributed by atoms with Crippen molar-refractivity contribution in [2.45, 2.75) is 71.4 Å². The molecule has 2 aliphatic rings. The Balaban J connectivity index is 1.80. The van der Waals surface area contributed by atoms with E-state index in [1.165, 1.54) is 60.8 Å². The number of hydrogen-bond donors (Lipinski definition) is 1. The van der Waals surface area contributed by atoms with Crippen LogP contribution in [0.4, 0.5) is 5.13 Å². The van der Waals surface area contributed by atoms with Crippen molar-refractivity contribution in [2.75, 3.05) is 18.0 Å². The molecule has 2 heterocycles. The van der Waals surface area contributed by atoms with E-state index in [-0.39, 0.29) is 0 Å². The van der Waals surface area contributed by atoms with Gasteiger partial charge in [0, 0.05) is 24.0 Å². The highest BCUT2D eigenvalue weighted by Gasteiger charge is 2.36. The van der Waals surface area contributed by atoms with Gasteiger partial charge in [0.15, 0.2) is 5.13 Å². The lowest BCUT2D eigenvalue weighted by Gasteiger charge is -2.37. The summed E-state index contributed by atoms with van der Waals surface area (Å²) in [6.45, 7) is 7.68. The van der Waals surface area contributed by atoms with E-state index in [4.69, 9.17) is 4.98 Å². The van der Waals surface area contributed by atoms with Crippen molar-refractivity contribution in [3.05, 3.63) is 10.6 Å². The molecule has 2 fully saturated rings. The molecule has 0 aromatic carbocycles. The van der Waals surface area contributed by atoms with Gasteiger partial charge in [-0.2, -0.15) is 0 Å². The van der Waals surface area contributed by atoms with Gasteiger partial charge >= 0.3 is 0 Å². The summed E-state index contributed by atoms with van der Waals surface area (Å²) in [7, 11) is 0. The average molecular weight is 308 g/mol. The molecule has 21 heavy (non-hydrogen) atoms. The highest BCUT2D eigenvalue weighted by Crippen LogP contribution is 2.40. The first-order valence-electron chi connectivity index (χ1n) is 8.79. The van der Waals surface area contributed by atoms with Gasteiger partial charge in [0.25, 0.3) is 0 Å². The number of piperidine rings is 1. The van der Waals surface area contributed by atoms with Crippen LogP contribution in [0.5, 0.6) is 0 Å². The summed E-state index contributed by atoms with van der Waals surface area (Å²) in [6, 6.07) is 0.784. The molecular weight excluding hydrogens is 278 g/mol. The van der Waals surface area contributed by atoms with Gasteiger partial charge in [0.2, 0.25) is 0 Å². The Kier molecular flexibility index (Phi) is 5.17. The van der Waals surface area contributed by atoms with Crippen molar-refractivity contribution >= 4 is 16.5 Å². The van der Waals surface area contributed by atoms with E-state index in [0.29, 0.717) is 0 Å². The lowest BCUT2D eigenvalue weighted by atomic mass is 9.92. The Labute approximate surface area is 133 Å². The predicted molar refractivity (Wildman–Crippen MR) is 91.2 cm³/mol. The third-order valence-corrected chi connectivity index (χ3v) is 6.16. The molecule has 0 bridgehead atoms. The first kappa shape index (κ1) is 15.3. The largest absolute Gasteiger partial charge is 0.345 e. The molecular formula is C17H29N3S. The standard InChI is InChI=1S/C17H29N3S/c1-3-7-14-16(12-18-4-2)21-17(19-14)20-11-6-9-13-8-5-10-15(13)20/h13,15,18H,3-12H2,1-2H3. The van der Waals surface area contributed by atoms with E-state index >= 15 is 0 Å². The number of nitrogens with zero attached hydrogens (tertiary/aromatic N) is 2. The van der Waals surface area contributed by atoms with Crippen LogP contribution in [-0.4, -0.2) is 24.1 Å².